The summed E-state index contributed by atoms with van der Waals surface area (Å²) in [5.74, 6) is -2.62. The molecule has 10 rings (SSSR count). The van der Waals surface area contributed by atoms with E-state index in [1.807, 2.05) is 4.90 Å². The van der Waals surface area contributed by atoms with Crippen LogP contribution in [0.5, 0.6) is 0 Å². The lowest BCUT2D eigenvalue weighted by molar-refractivity contribution is -0.155. The number of halogens is 7. The van der Waals surface area contributed by atoms with Crippen LogP contribution in [0.4, 0.5) is 65.6 Å². The third-order valence-electron chi connectivity index (χ3n) is 14.2. The number of hydrogen-bond acceptors (Lipinski definition) is 18. The molecule has 6 aromatic heterocycles. The summed E-state index contributed by atoms with van der Waals surface area (Å²) in [6.45, 7) is 16.3. The van der Waals surface area contributed by atoms with E-state index in [0.29, 0.717) is 49.8 Å². The van der Waals surface area contributed by atoms with Crippen LogP contribution in [0.15, 0.2) is 111 Å². The molecule has 0 radical (unpaired) electrons. The Morgan fingerprint density at radius 1 is 0.554 bits per heavy atom. The molecule has 4 atom stereocenters. The van der Waals surface area contributed by atoms with E-state index in [-0.39, 0.29) is 111 Å². The van der Waals surface area contributed by atoms with E-state index in [1.165, 1.54) is 59.9 Å². The highest BCUT2D eigenvalue weighted by molar-refractivity contribution is 6.14. The Labute approximate surface area is 486 Å². The van der Waals surface area contributed by atoms with Gasteiger partial charge in [0, 0.05) is 117 Å². The van der Waals surface area contributed by atoms with Crippen LogP contribution in [0.2, 0.25) is 0 Å². The van der Waals surface area contributed by atoms with Crippen molar-refractivity contribution in [1.82, 2.24) is 45.9 Å². The molecule has 10 heterocycles. The lowest BCUT2D eigenvalue weighted by Crippen LogP contribution is -2.57. The lowest BCUT2D eigenvalue weighted by Gasteiger charge is -2.36. The molecule has 4 aliphatic rings. The quantitative estimate of drug-likeness (QED) is 0.0438. The van der Waals surface area contributed by atoms with Crippen molar-refractivity contribution in [2.24, 2.45) is 0 Å². The SMILES string of the molecule is C=C(F)c1ccc(N2CC3CCC(C2)N3)nc1C(=O)c1cccnc1N.C=C(F)c1ccc(N2CCNC(C(F)(F)F)C2)nc1C(=O)c1cccnc1N.C=C(F)c1ccc(N2CCNC(CC(C)(C)F)C2)nc1C(=O)c1cccnc1N.[HH].[HH].[HH].[HH].[HH].[HH].[HH].[HH]. The molecule has 0 amide bonds. The second-order valence-corrected chi connectivity index (χ2v) is 20.8. The van der Waals surface area contributed by atoms with Gasteiger partial charge >= 0.3 is 6.18 Å². The van der Waals surface area contributed by atoms with Gasteiger partial charge in [0.05, 0.1) is 16.7 Å². The summed E-state index contributed by atoms with van der Waals surface area (Å²) in [5.41, 5.74) is 16.0. The molecule has 4 aliphatic heterocycles. The number of alkyl halides is 4. The smallest absolute Gasteiger partial charge is 0.383 e. The fourth-order valence-corrected chi connectivity index (χ4v) is 10.2. The van der Waals surface area contributed by atoms with Crippen molar-refractivity contribution in [3.05, 3.63) is 162 Å². The monoisotopic (exact) mass is 1170 g/mol. The van der Waals surface area contributed by atoms with Crippen LogP contribution >= 0.6 is 0 Å². The standard InChI is InChI=1S/C21H25F2N5O.C19H20FN5O.C18H17F4N5O.8H2/c1-13(22)15-6-7-17(28-10-9-25-14(12-28)11-21(2,3)23)27-18(15)19(29)16-5-4-8-26-20(16)24;1-11(20)14-6-7-16(25-9-12-4-5-13(10-25)23-12)24-17(14)18(26)15-3-2-8-22-19(15)21;1-10(19)11-4-5-14(27-8-7-24-13(9-27)18(20,21)22)26-15(11)16(28)12-3-2-6-25-17(12)23;;;;;;;;/h4-8,14,25H,1,9-12H2,2-3H3,(H2,24,26);2-3,6-8,12-13,23H,1,4-5,9-10H2,(H2,21,22);2-6,13,24H,1,7-9H2,(H2,23,25);8*1H. The van der Waals surface area contributed by atoms with E-state index >= 15 is 0 Å². The second-order valence-electron chi connectivity index (χ2n) is 20.8. The Bertz CT molecular complexity index is 3460. The van der Waals surface area contributed by atoms with Crippen molar-refractivity contribution in [2.45, 2.75) is 69.1 Å². The topological polar surface area (TPSA) is 252 Å². The van der Waals surface area contributed by atoms with Crippen molar-refractivity contribution in [3.63, 3.8) is 0 Å². The first-order valence-corrected chi connectivity index (χ1v) is 26.4. The molecule has 452 valence electrons. The zero-order chi connectivity index (χ0) is 59.9. The van der Waals surface area contributed by atoms with E-state index in [2.05, 4.69) is 70.5 Å². The number of nitrogen functional groups attached to an aromatic ring is 3. The number of nitrogens with two attached hydrogens (primary N) is 3. The van der Waals surface area contributed by atoms with Gasteiger partial charge in [-0.3, -0.25) is 14.4 Å². The number of carbonyl (C=O) groups excluding carboxylic acids is 3. The molecule has 4 unspecified atom stereocenters. The third kappa shape index (κ3) is 14.7. The van der Waals surface area contributed by atoms with Crippen LogP contribution in [0.1, 0.15) is 109 Å². The second kappa shape index (κ2) is 25.6. The van der Waals surface area contributed by atoms with Crippen molar-refractivity contribution >= 4 is 69.7 Å². The van der Waals surface area contributed by atoms with Gasteiger partial charge in [0.1, 0.15) is 81.2 Å². The minimum absolute atomic E-state index is 0. The van der Waals surface area contributed by atoms with Gasteiger partial charge in [0.2, 0.25) is 17.3 Å². The lowest BCUT2D eigenvalue weighted by atomic mass is 9.99. The molecule has 83 heavy (non-hydrogen) atoms. The van der Waals surface area contributed by atoms with Gasteiger partial charge < -0.3 is 47.9 Å². The van der Waals surface area contributed by atoms with E-state index in [0.717, 1.165) is 25.9 Å². The molecule has 0 saturated carbocycles. The number of nitrogens with one attached hydrogen (secondary N) is 3. The molecule has 4 fully saturated rings. The predicted octanol–water partition coefficient (Wildman–Crippen LogP) is 9.86. The molecule has 0 aliphatic carbocycles. The van der Waals surface area contributed by atoms with Crippen LogP contribution in [-0.2, 0) is 0 Å². The molecule has 25 heteroatoms. The number of carbonyl (C=O) groups is 3. The fourth-order valence-electron chi connectivity index (χ4n) is 10.2. The van der Waals surface area contributed by atoms with E-state index in [9.17, 15) is 45.1 Å². The van der Waals surface area contributed by atoms with Gasteiger partial charge in [-0.1, -0.05) is 19.7 Å². The van der Waals surface area contributed by atoms with Crippen molar-refractivity contribution in [2.75, 3.05) is 84.3 Å². The highest BCUT2D eigenvalue weighted by Gasteiger charge is 2.42. The van der Waals surface area contributed by atoms with Crippen LogP contribution in [-0.4, -0.2) is 136 Å². The minimum Gasteiger partial charge on any atom is -0.383 e. The summed E-state index contributed by atoms with van der Waals surface area (Å²) in [6.07, 6.45) is 2.56. The van der Waals surface area contributed by atoms with Gasteiger partial charge in [0.15, 0.2) is 0 Å². The Hall–Kier alpha value is -8.68. The molecule has 6 aromatic rings. The molecule has 2 bridgehead atoms. The average Bonchev–Trinajstić information content (AvgIpc) is 2.81. The fraction of sp³-hybridized carbons (Fsp3) is 0.328. The Morgan fingerprint density at radius 3 is 1.29 bits per heavy atom. The maximum absolute atomic E-state index is 14.1. The number of ketones is 3. The largest absolute Gasteiger partial charge is 0.405 e. The number of fused-ring (bicyclic) bond motifs is 2. The average molecular weight is 1170 g/mol. The zero-order valence-corrected chi connectivity index (χ0v) is 45.5. The van der Waals surface area contributed by atoms with Gasteiger partial charge in [0.25, 0.3) is 0 Å². The molecule has 4 saturated heterocycles. The number of pyridine rings is 6. The highest BCUT2D eigenvalue weighted by atomic mass is 19.4. The Kier molecular flexibility index (Phi) is 18.7. The molecular weight excluding hydrogens is 1090 g/mol. The van der Waals surface area contributed by atoms with Gasteiger partial charge in [-0.2, -0.15) is 13.2 Å². The molecular formula is C58H78F7N15O3. The summed E-state index contributed by atoms with van der Waals surface area (Å²) < 4.78 is 94.9. The van der Waals surface area contributed by atoms with Crippen molar-refractivity contribution < 1.29 is 56.5 Å². The number of anilines is 6. The van der Waals surface area contributed by atoms with Crippen LogP contribution < -0.4 is 47.9 Å². The maximum Gasteiger partial charge on any atom is 0.405 e. The van der Waals surface area contributed by atoms with Crippen LogP contribution in [0.25, 0.3) is 17.5 Å². The zero-order valence-electron chi connectivity index (χ0n) is 45.5. The molecule has 0 aromatic carbocycles. The molecule has 0 spiro atoms. The Balaban J connectivity index is 0.00000128. The number of piperazine rings is 3. The van der Waals surface area contributed by atoms with Crippen molar-refractivity contribution in [3.8, 4) is 0 Å². The first-order chi connectivity index (χ1) is 39.4. The maximum atomic E-state index is 14.1. The summed E-state index contributed by atoms with van der Waals surface area (Å²) in [6, 6.07) is 17.3. The number of nitrogens with zero attached hydrogens (tertiary/aromatic N) is 9. The van der Waals surface area contributed by atoms with E-state index < -0.39 is 52.7 Å². The number of aromatic nitrogens is 6. The molecule has 18 nitrogen and oxygen atoms in total. The summed E-state index contributed by atoms with van der Waals surface area (Å²) in [4.78, 5) is 69.1. The first kappa shape index (κ1) is 60.4. The van der Waals surface area contributed by atoms with E-state index in [4.69, 9.17) is 17.2 Å². The van der Waals surface area contributed by atoms with E-state index in [1.54, 1.807) is 50.2 Å². The minimum atomic E-state index is -4.42. The summed E-state index contributed by atoms with van der Waals surface area (Å²) in [7, 11) is 0. The molecule has 9 N–H and O–H groups in total. The van der Waals surface area contributed by atoms with Gasteiger partial charge in [-0.05, 0) is 106 Å². The van der Waals surface area contributed by atoms with Crippen molar-refractivity contribution in [1.29, 1.82) is 0 Å². The number of rotatable bonds is 14. The highest BCUT2D eigenvalue weighted by Crippen LogP contribution is 2.32. The van der Waals surface area contributed by atoms with Gasteiger partial charge in [-0.25, -0.2) is 47.5 Å². The number of hydrogen-bond donors (Lipinski definition) is 6. The first-order valence-electron chi connectivity index (χ1n) is 26.4. The van der Waals surface area contributed by atoms with Gasteiger partial charge in [-0.15, -0.1) is 0 Å². The Morgan fingerprint density at radius 2 is 0.928 bits per heavy atom. The summed E-state index contributed by atoms with van der Waals surface area (Å²) >= 11 is 0. The normalized spacial score (nSPS) is 18.7. The summed E-state index contributed by atoms with van der Waals surface area (Å²) in [5, 5.41) is 9.25. The van der Waals surface area contributed by atoms with Crippen LogP contribution in [0, 0.1) is 0 Å². The van der Waals surface area contributed by atoms with Crippen LogP contribution in [0.3, 0.4) is 0 Å². The third-order valence-corrected chi connectivity index (χ3v) is 14.2. The predicted molar refractivity (Wildman–Crippen MR) is 322 cm³/mol.